The highest BCUT2D eigenvalue weighted by atomic mass is 35.5. The van der Waals surface area contributed by atoms with Crippen molar-refractivity contribution in [3.63, 3.8) is 0 Å². The Bertz CT molecular complexity index is 350. The van der Waals surface area contributed by atoms with Gasteiger partial charge in [-0.3, -0.25) is 9.69 Å². The van der Waals surface area contributed by atoms with Crippen LogP contribution in [0.4, 0.5) is 0 Å². The minimum Gasteiger partial charge on any atom is -0.338 e. The van der Waals surface area contributed by atoms with Crippen molar-refractivity contribution >= 4 is 18.3 Å². The predicted molar refractivity (Wildman–Crippen MR) is 87.8 cm³/mol. The summed E-state index contributed by atoms with van der Waals surface area (Å²) in [4.78, 5) is 17.3. The summed E-state index contributed by atoms with van der Waals surface area (Å²) < 4.78 is 0. The lowest BCUT2D eigenvalue weighted by atomic mass is 9.78. The van der Waals surface area contributed by atoms with Crippen molar-refractivity contribution < 1.29 is 4.79 Å². The lowest BCUT2D eigenvalue weighted by Crippen LogP contribution is -2.56. The monoisotopic (exact) mass is 315 g/mol. The molecule has 0 aromatic carbocycles. The average Bonchev–Trinajstić information content (AvgIpc) is 2.49. The Labute approximate surface area is 135 Å². The summed E-state index contributed by atoms with van der Waals surface area (Å²) in [7, 11) is 0. The third-order valence-electron chi connectivity index (χ3n) is 5.54. The third-order valence-corrected chi connectivity index (χ3v) is 5.54. The minimum absolute atomic E-state index is 0. The number of carbonyl (C=O) groups is 1. The molecule has 2 aliphatic heterocycles. The molecule has 122 valence electrons. The van der Waals surface area contributed by atoms with Crippen LogP contribution in [0.3, 0.4) is 0 Å². The lowest BCUT2D eigenvalue weighted by Gasteiger charge is -2.45. The van der Waals surface area contributed by atoms with Gasteiger partial charge in [-0.2, -0.15) is 0 Å². The molecule has 1 saturated carbocycles. The normalized spacial score (nSPS) is 34.0. The maximum absolute atomic E-state index is 12.7. The molecule has 3 rings (SSSR count). The van der Waals surface area contributed by atoms with Crippen LogP contribution in [0.5, 0.6) is 0 Å². The van der Waals surface area contributed by atoms with Crippen molar-refractivity contribution in [3.05, 3.63) is 0 Å². The number of rotatable bonds is 2. The summed E-state index contributed by atoms with van der Waals surface area (Å²) in [5.74, 6) is 1.18. The summed E-state index contributed by atoms with van der Waals surface area (Å²) in [5.41, 5.74) is 0. The van der Waals surface area contributed by atoms with E-state index < -0.39 is 0 Å². The molecular formula is C16H30ClN3O. The van der Waals surface area contributed by atoms with E-state index in [0.29, 0.717) is 24.5 Å². The molecule has 1 aliphatic carbocycles. The number of amides is 1. The molecular weight excluding hydrogens is 286 g/mol. The Kier molecular flexibility index (Phi) is 6.33. The predicted octanol–water partition coefficient (Wildman–Crippen LogP) is 1.88. The Morgan fingerprint density at radius 1 is 1.14 bits per heavy atom. The molecule has 0 spiro atoms. The number of piperidine rings is 1. The quantitative estimate of drug-likeness (QED) is 0.845. The van der Waals surface area contributed by atoms with E-state index in [9.17, 15) is 4.79 Å². The van der Waals surface area contributed by atoms with E-state index in [0.717, 1.165) is 32.1 Å². The van der Waals surface area contributed by atoms with Crippen LogP contribution < -0.4 is 5.32 Å². The van der Waals surface area contributed by atoms with Gasteiger partial charge in [0.2, 0.25) is 5.91 Å². The van der Waals surface area contributed by atoms with Gasteiger partial charge in [-0.25, -0.2) is 0 Å². The summed E-state index contributed by atoms with van der Waals surface area (Å²) in [6, 6.07) is 1.04. The highest BCUT2D eigenvalue weighted by Gasteiger charge is 2.36. The highest BCUT2D eigenvalue weighted by Crippen LogP contribution is 2.35. The van der Waals surface area contributed by atoms with Crippen LogP contribution in [0, 0.1) is 5.92 Å². The van der Waals surface area contributed by atoms with Crippen molar-refractivity contribution in [2.45, 2.75) is 57.5 Å². The number of halogens is 1. The van der Waals surface area contributed by atoms with Crippen LogP contribution in [-0.2, 0) is 4.79 Å². The lowest BCUT2D eigenvalue weighted by molar-refractivity contribution is -0.139. The summed E-state index contributed by atoms with van der Waals surface area (Å²) in [6.07, 6.45) is 7.83. The topological polar surface area (TPSA) is 35.6 Å². The van der Waals surface area contributed by atoms with Crippen LogP contribution in [-0.4, -0.2) is 60.5 Å². The largest absolute Gasteiger partial charge is 0.338 e. The number of piperazine rings is 1. The molecule has 0 bridgehead atoms. The third kappa shape index (κ3) is 3.91. The average molecular weight is 316 g/mol. The molecule has 3 aliphatic rings. The smallest absolute Gasteiger partial charge is 0.237 e. The zero-order valence-corrected chi connectivity index (χ0v) is 14.0. The van der Waals surface area contributed by atoms with Crippen molar-refractivity contribution in [1.82, 2.24) is 15.1 Å². The molecule has 0 aromatic heterocycles. The standard InChI is InChI=1S/C16H29N3O.ClH/c1-13-11-17-8-10-18(13)12-16(20)19-9-4-6-14-5-2-3-7-15(14)19;/h13-15,17H,2-12H2,1H3;1H. The molecule has 0 aromatic rings. The zero-order valence-electron chi connectivity index (χ0n) is 13.2. The second-order valence-electron chi connectivity index (χ2n) is 6.86. The second-order valence-corrected chi connectivity index (χ2v) is 6.86. The van der Waals surface area contributed by atoms with E-state index >= 15 is 0 Å². The van der Waals surface area contributed by atoms with Gasteiger partial charge in [0.25, 0.3) is 0 Å². The van der Waals surface area contributed by atoms with Crippen LogP contribution in [0.1, 0.15) is 45.4 Å². The summed E-state index contributed by atoms with van der Waals surface area (Å²) in [6.45, 7) is 6.89. The van der Waals surface area contributed by atoms with Crippen LogP contribution >= 0.6 is 12.4 Å². The Balaban J connectivity index is 0.00000161. The number of fused-ring (bicyclic) bond motifs is 1. The van der Waals surface area contributed by atoms with Crippen molar-refractivity contribution in [2.75, 3.05) is 32.7 Å². The fourth-order valence-electron chi connectivity index (χ4n) is 4.32. The first-order chi connectivity index (χ1) is 9.75. The van der Waals surface area contributed by atoms with E-state index in [-0.39, 0.29) is 12.4 Å². The molecule has 1 N–H and O–H groups in total. The van der Waals surface area contributed by atoms with Gasteiger partial charge in [0.15, 0.2) is 0 Å². The van der Waals surface area contributed by atoms with Crippen LogP contribution in [0.15, 0.2) is 0 Å². The van der Waals surface area contributed by atoms with Crippen molar-refractivity contribution in [3.8, 4) is 0 Å². The summed E-state index contributed by atoms with van der Waals surface area (Å²) in [5, 5.41) is 3.40. The number of likely N-dealkylation sites (tertiary alicyclic amines) is 1. The van der Waals surface area contributed by atoms with Gasteiger partial charge < -0.3 is 10.2 Å². The molecule has 2 saturated heterocycles. The zero-order chi connectivity index (χ0) is 13.9. The van der Waals surface area contributed by atoms with Gasteiger partial charge in [-0.05, 0) is 38.5 Å². The van der Waals surface area contributed by atoms with E-state index in [1.165, 1.54) is 38.5 Å². The highest BCUT2D eigenvalue weighted by molar-refractivity contribution is 5.85. The van der Waals surface area contributed by atoms with Crippen molar-refractivity contribution in [1.29, 1.82) is 0 Å². The van der Waals surface area contributed by atoms with Crippen molar-refractivity contribution in [2.24, 2.45) is 5.92 Å². The molecule has 21 heavy (non-hydrogen) atoms. The van der Waals surface area contributed by atoms with Gasteiger partial charge in [0.05, 0.1) is 6.54 Å². The molecule has 4 nitrogen and oxygen atoms in total. The molecule has 3 unspecified atom stereocenters. The van der Waals surface area contributed by atoms with Gasteiger partial charge in [-0.1, -0.05) is 12.8 Å². The number of carbonyl (C=O) groups excluding carboxylic acids is 1. The molecule has 3 atom stereocenters. The summed E-state index contributed by atoms with van der Waals surface area (Å²) >= 11 is 0. The second kappa shape index (κ2) is 7.80. The molecule has 2 heterocycles. The number of nitrogens with zero attached hydrogens (tertiary/aromatic N) is 2. The van der Waals surface area contributed by atoms with Gasteiger partial charge in [0, 0.05) is 38.3 Å². The number of hydrogen-bond acceptors (Lipinski definition) is 3. The SMILES string of the molecule is CC1CNCCN1CC(=O)N1CCCC2CCCCC21.Cl. The van der Waals surface area contributed by atoms with E-state index in [1.54, 1.807) is 0 Å². The maximum atomic E-state index is 12.7. The maximum Gasteiger partial charge on any atom is 0.237 e. The fraction of sp³-hybridized carbons (Fsp3) is 0.938. The Morgan fingerprint density at radius 2 is 1.90 bits per heavy atom. The first-order valence-electron chi connectivity index (χ1n) is 8.50. The van der Waals surface area contributed by atoms with Gasteiger partial charge in [-0.15, -0.1) is 12.4 Å². The molecule has 0 radical (unpaired) electrons. The van der Waals surface area contributed by atoms with E-state index in [4.69, 9.17) is 0 Å². The Hall–Kier alpha value is -0.320. The molecule has 5 heteroatoms. The number of nitrogens with one attached hydrogen (secondary N) is 1. The molecule has 1 amide bonds. The van der Waals surface area contributed by atoms with Crippen LogP contribution in [0.25, 0.3) is 0 Å². The number of hydrogen-bond donors (Lipinski definition) is 1. The van der Waals surface area contributed by atoms with Gasteiger partial charge >= 0.3 is 0 Å². The van der Waals surface area contributed by atoms with E-state index in [1.807, 2.05) is 0 Å². The Morgan fingerprint density at radius 3 is 2.71 bits per heavy atom. The van der Waals surface area contributed by atoms with E-state index in [2.05, 4.69) is 22.0 Å². The van der Waals surface area contributed by atoms with Crippen LogP contribution in [0.2, 0.25) is 0 Å². The first kappa shape index (κ1) is 17.0. The fourth-order valence-corrected chi connectivity index (χ4v) is 4.32. The first-order valence-corrected chi connectivity index (χ1v) is 8.50. The minimum atomic E-state index is 0. The van der Waals surface area contributed by atoms with Gasteiger partial charge in [0.1, 0.15) is 0 Å². The molecule has 3 fully saturated rings.